The molecule has 3 aromatic rings. The van der Waals surface area contributed by atoms with Crippen LogP contribution >= 0.6 is 0 Å². The molecule has 3 rings (SSSR count). The third kappa shape index (κ3) is 3.75. The monoisotopic (exact) mass is 327 g/mol. The molecule has 1 unspecified atom stereocenters. The van der Waals surface area contributed by atoms with E-state index in [1.807, 2.05) is 66.1 Å². The Hall–Kier alpha value is -2.80. The highest BCUT2D eigenvalue weighted by molar-refractivity contribution is 5.73. The summed E-state index contributed by atoms with van der Waals surface area (Å²) in [5, 5.41) is 5.69. The van der Waals surface area contributed by atoms with Crippen molar-refractivity contribution < 1.29 is 9.21 Å². The van der Waals surface area contributed by atoms with Crippen LogP contribution in [0.1, 0.15) is 17.5 Å². The van der Waals surface area contributed by atoms with Gasteiger partial charge >= 0.3 is 6.03 Å². The molecule has 24 heavy (non-hydrogen) atoms. The second-order valence-corrected chi connectivity index (χ2v) is 5.76. The second-order valence-electron chi connectivity index (χ2n) is 5.76. The van der Waals surface area contributed by atoms with Gasteiger partial charge in [-0.2, -0.15) is 0 Å². The first kappa shape index (κ1) is 16.1. The standard InChI is InChI=1S/C17H21N5O2/c1-21(2)14(15-6-5-9-24-15)11-19-17(23)18-10-13-12-22-8-4-3-7-16(22)20-13/h3-9,12,14H,10-11H2,1-2H3,(H2,18,19,23). The largest absolute Gasteiger partial charge is 0.468 e. The highest BCUT2D eigenvalue weighted by atomic mass is 16.3. The summed E-state index contributed by atoms with van der Waals surface area (Å²) in [5.74, 6) is 0.820. The Morgan fingerprint density at radius 1 is 1.29 bits per heavy atom. The van der Waals surface area contributed by atoms with Crippen LogP contribution < -0.4 is 10.6 Å². The first-order chi connectivity index (χ1) is 11.6. The number of imidazole rings is 1. The Bertz CT molecular complexity index is 761. The molecule has 126 valence electrons. The Kier molecular flexibility index (Phi) is 4.81. The molecular weight excluding hydrogens is 306 g/mol. The van der Waals surface area contributed by atoms with Gasteiger partial charge in [-0.3, -0.25) is 4.90 Å². The zero-order valence-electron chi connectivity index (χ0n) is 13.8. The van der Waals surface area contributed by atoms with Crippen LogP contribution in [-0.2, 0) is 6.54 Å². The Labute approximate surface area is 140 Å². The number of aromatic nitrogens is 2. The van der Waals surface area contributed by atoms with Crippen LogP contribution in [0.5, 0.6) is 0 Å². The van der Waals surface area contributed by atoms with E-state index in [9.17, 15) is 4.79 Å². The summed E-state index contributed by atoms with van der Waals surface area (Å²) in [6, 6.07) is 9.30. The third-order valence-electron chi connectivity index (χ3n) is 3.79. The Balaban J connectivity index is 1.51. The fourth-order valence-electron chi connectivity index (χ4n) is 2.51. The number of furan rings is 1. The van der Waals surface area contributed by atoms with Crippen molar-refractivity contribution in [3.8, 4) is 0 Å². The summed E-state index contributed by atoms with van der Waals surface area (Å²) >= 11 is 0. The molecule has 0 aliphatic carbocycles. The molecule has 0 spiro atoms. The molecule has 2 amide bonds. The van der Waals surface area contributed by atoms with Crippen molar-refractivity contribution in [2.45, 2.75) is 12.6 Å². The number of nitrogens with zero attached hydrogens (tertiary/aromatic N) is 3. The van der Waals surface area contributed by atoms with E-state index in [-0.39, 0.29) is 12.1 Å². The van der Waals surface area contributed by atoms with Gasteiger partial charge in [0, 0.05) is 18.9 Å². The van der Waals surface area contributed by atoms with Gasteiger partial charge < -0.3 is 19.5 Å². The van der Waals surface area contributed by atoms with E-state index in [4.69, 9.17) is 4.42 Å². The molecule has 0 radical (unpaired) electrons. The van der Waals surface area contributed by atoms with Gasteiger partial charge in [-0.25, -0.2) is 9.78 Å². The maximum absolute atomic E-state index is 12.0. The Morgan fingerprint density at radius 2 is 2.17 bits per heavy atom. The Morgan fingerprint density at radius 3 is 2.88 bits per heavy atom. The lowest BCUT2D eigenvalue weighted by molar-refractivity contribution is 0.225. The van der Waals surface area contributed by atoms with Crippen LogP contribution in [0.25, 0.3) is 5.65 Å². The molecule has 0 aliphatic heterocycles. The second kappa shape index (κ2) is 7.18. The van der Waals surface area contributed by atoms with Crippen molar-refractivity contribution in [2.24, 2.45) is 0 Å². The quantitative estimate of drug-likeness (QED) is 0.726. The van der Waals surface area contributed by atoms with Gasteiger partial charge in [-0.15, -0.1) is 0 Å². The van der Waals surface area contributed by atoms with Crippen molar-refractivity contribution in [3.05, 3.63) is 60.4 Å². The highest BCUT2D eigenvalue weighted by Crippen LogP contribution is 2.17. The summed E-state index contributed by atoms with van der Waals surface area (Å²) < 4.78 is 7.35. The van der Waals surface area contributed by atoms with E-state index in [2.05, 4.69) is 15.6 Å². The first-order valence-corrected chi connectivity index (χ1v) is 7.77. The number of pyridine rings is 1. The van der Waals surface area contributed by atoms with E-state index >= 15 is 0 Å². The van der Waals surface area contributed by atoms with E-state index < -0.39 is 0 Å². The lowest BCUT2D eigenvalue weighted by atomic mass is 10.2. The van der Waals surface area contributed by atoms with Gasteiger partial charge in [0.25, 0.3) is 0 Å². The van der Waals surface area contributed by atoms with Crippen LogP contribution in [0.3, 0.4) is 0 Å². The molecule has 0 saturated carbocycles. The molecule has 3 heterocycles. The van der Waals surface area contributed by atoms with E-state index in [0.29, 0.717) is 13.1 Å². The predicted molar refractivity (Wildman–Crippen MR) is 90.6 cm³/mol. The molecule has 7 nitrogen and oxygen atoms in total. The van der Waals surface area contributed by atoms with Crippen LogP contribution in [0.2, 0.25) is 0 Å². The van der Waals surface area contributed by atoms with Crippen molar-refractivity contribution in [1.82, 2.24) is 24.9 Å². The average molecular weight is 327 g/mol. The lowest BCUT2D eigenvalue weighted by Crippen LogP contribution is -2.40. The number of urea groups is 1. The molecule has 0 saturated heterocycles. The topological polar surface area (TPSA) is 74.8 Å². The molecule has 0 fully saturated rings. The molecule has 7 heteroatoms. The summed E-state index contributed by atoms with van der Waals surface area (Å²) in [4.78, 5) is 18.5. The van der Waals surface area contributed by atoms with Crippen LogP contribution in [0.4, 0.5) is 4.79 Å². The van der Waals surface area contributed by atoms with E-state index in [1.54, 1.807) is 6.26 Å². The number of amides is 2. The number of nitrogens with one attached hydrogen (secondary N) is 2. The summed E-state index contributed by atoms with van der Waals surface area (Å²) in [6.45, 7) is 0.832. The van der Waals surface area contributed by atoms with Crippen molar-refractivity contribution in [3.63, 3.8) is 0 Å². The molecule has 0 bridgehead atoms. The normalized spacial score (nSPS) is 12.5. The van der Waals surface area contributed by atoms with Gasteiger partial charge in [0.2, 0.25) is 0 Å². The van der Waals surface area contributed by atoms with Crippen LogP contribution in [0.15, 0.2) is 53.4 Å². The summed E-state index contributed by atoms with van der Waals surface area (Å²) in [6.07, 6.45) is 5.47. The van der Waals surface area contributed by atoms with Gasteiger partial charge in [0.15, 0.2) is 0 Å². The van der Waals surface area contributed by atoms with Gasteiger partial charge in [-0.05, 0) is 38.4 Å². The zero-order chi connectivity index (χ0) is 16.9. The van der Waals surface area contributed by atoms with Crippen molar-refractivity contribution >= 4 is 11.7 Å². The minimum Gasteiger partial charge on any atom is -0.468 e. The maximum Gasteiger partial charge on any atom is 0.315 e. The number of carbonyl (C=O) groups excluding carboxylic acids is 1. The number of fused-ring (bicyclic) bond motifs is 1. The van der Waals surface area contributed by atoms with E-state index in [0.717, 1.165) is 17.1 Å². The smallest absolute Gasteiger partial charge is 0.315 e. The molecule has 1 atom stereocenters. The molecule has 0 aromatic carbocycles. The minimum atomic E-state index is -0.231. The number of likely N-dealkylation sites (N-methyl/N-ethyl adjacent to an activating group) is 1. The number of carbonyl (C=O) groups is 1. The van der Waals surface area contributed by atoms with Gasteiger partial charge in [0.05, 0.1) is 24.5 Å². The van der Waals surface area contributed by atoms with Crippen molar-refractivity contribution in [1.29, 1.82) is 0 Å². The highest BCUT2D eigenvalue weighted by Gasteiger charge is 2.17. The molecule has 0 aliphatic rings. The average Bonchev–Trinajstić information content (AvgIpc) is 3.22. The maximum atomic E-state index is 12.0. The summed E-state index contributed by atoms with van der Waals surface area (Å²) in [5.41, 5.74) is 1.67. The number of hydrogen-bond acceptors (Lipinski definition) is 4. The minimum absolute atomic E-state index is 0.0130. The third-order valence-corrected chi connectivity index (χ3v) is 3.79. The predicted octanol–water partition coefficient (Wildman–Crippen LogP) is 2.03. The van der Waals surface area contributed by atoms with Crippen LogP contribution in [0, 0.1) is 0 Å². The molecular formula is C17H21N5O2. The number of hydrogen-bond donors (Lipinski definition) is 2. The van der Waals surface area contributed by atoms with E-state index in [1.165, 1.54) is 0 Å². The SMILES string of the molecule is CN(C)C(CNC(=O)NCc1cn2ccccc2n1)c1ccco1. The first-order valence-electron chi connectivity index (χ1n) is 7.77. The fraction of sp³-hybridized carbons (Fsp3) is 0.294. The lowest BCUT2D eigenvalue weighted by Gasteiger charge is -2.22. The molecule has 2 N–H and O–H groups in total. The van der Waals surface area contributed by atoms with Crippen molar-refractivity contribution in [2.75, 3.05) is 20.6 Å². The molecule has 3 aromatic heterocycles. The zero-order valence-corrected chi connectivity index (χ0v) is 13.8. The fourth-order valence-corrected chi connectivity index (χ4v) is 2.51. The van der Waals surface area contributed by atoms with Gasteiger partial charge in [-0.1, -0.05) is 6.07 Å². The van der Waals surface area contributed by atoms with Gasteiger partial charge in [0.1, 0.15) is 11.4 Å². The number of rotatable bonds is 6. The summed E-state index contributed by atoms with van der Waals surface area (Å²) in [7, 11) is 3.90. The van der Waals surface area contributed by atoms with Crippen LogP contribution in [-0.4, -0.2) is 41.0 Å².